The quantitative estimate of drug-likeness (QED) is 0.893. The third-order valence-electron chi connectivity index (χ3n) is 4.82. The van der Waals surface area contributed by atoms with Gasteiger partial charge in [0.05, 0.1) is 0 Å². The molecule has 0 bridgehead atoms. The normalized spacial score (nSPS) is 29.1. The van der Waals surface area contributed by atoms with Gasteiger partial charge in [-0.2, -0.15) is 0 Å². The topological polar surface area (TPSA) is 32.5 Å². The first-order valence-electron chi connectivity index (χ1n) is 7.54. The first-order valence-corrected chi connectivity index (χ1v) is 7.54. The fraction of sp³-hybridized carbons (Fsp3) is 0.625. The maximum Gasteiger partial charge on any atom is 0.0470 e. The van der Waals surface area contributed by atoms with E-state index in [1.54, 1.807) is 0 Å². The molecule has 0 amide bonds. The van der Waals surface area contributed by atoms with Gasteiger partial charge in [-0.1, -0.05) is 30.3 Å². The van der Waals surface area contributed by atoms with Gasteiger partial charge in [0.15, 0.2) is 0 Å². The first-order chi connectivity index (χ1) is 9.32. The van der Waals surface area contributed by atoms with Gasteiger partial charge in [-0.05, 0) is 37.9 Å². The van der Waals surface area contributed by atoms with E-state index in [1.165, 1.54) is 44.5 Å². The molecule has 0 saturated carbocycles. The lowest BCUT2D eigenvalue weighted by atomic mass is 9.96. The lowest BCUT2D eigenvalue weighted by molar-refractivity contribution is 0.126. The molecule has 2 fully saturated rings. The van der Waals surface area contributed by atoms with E-state index in [4.69, 9.17) is 5.73 Å². The van der Waals surface area contributed by atoms with Gasteiger partial charge in [0, 0.05) is 31.7 Å². The lowest BCUT2D eigenvalue weighted by Gasteiger charge is -2.37. The number of hydrogen-bond acceptors (Lipinski definition) is 3. The van der Waals surface area contributed by atoms with Crippen molar-refractivity contribution in [3.63, 3.8) is 0 Å². The van der Waals surface area contributed by atoms with Crippen molar-refractivity contribution in [2.75, 3.05) is 32.7 Å². The number of nitrogens with zero attached hydrogens (tertiary/aromatic N) is 2. The highest BCUT2D eigenvalue weighted by Crippen LogP contribution is 2.31. The van der Waals surface area contributed by atoms with Crippen LogP contribution in [0.15, 0.2) is 30.3 Å². The molecule has 0 spiro atoms. The fourth-order valence-electron chi connectivity index (χ4n) is 3.66. The van der Waals surface area contributed by atoms with E-state index in [0.717, 1.165) is 19.6 Å². The summed E-state index contributed by atoms with van der Waals surface area (Å²) in [5.74, 6) is 0. The van der Waals surface area contributed by atoms with Crippen molar-refractivity contribution in [2.45, 2.75) is 31.3 Å². The van der Waals surface area contributed by atoms with Gasteiger partial charge >= 0.3 is 0 Å². The number of nitrogens with two attached hydrogens (primary N) is 1. The van der Waals surface area contributed by atoms with Crippen molar-refractivity contribution in [3.8, 4) is 0 Å². The summed E-state index contributed by atoms with van der Waals surface area (Å²) in [5.41, 5.74) is 7.80. The van der Waals surface area contributed by atoms with Crippen LogP contribution in [-0.2, 0) is 6.54 Å². The second-order valence-corrected chi connectivity index (χ2v) is 6.07. The number of benzene rings is 1. The minimum Gasteiger partial charge on any atom is -0.329 e. The Bertz CT molecular complexity index is 400. The van der Waals surface area contributed by atoms with Crippen LogP contribution in [-0.4, -0.2) is 48.1 Å². The molecule has 104 valence electrons. The molecule has 0 aromatic heterocycles. The number of rotatable bonds is 4. The van der Waals surface area contributed by atoms with E-state index in [-0.39, 0.29) is 5.54 Å². The molecule has 2 aliphatic rings. The fourth-order valence-corrected chi connectivity index (χ4v) is 3.66. The zero-order valence-corrected chi connectivity index (χ0v) is 11.7. The Morgan fingerprint density at radius 2 is 1.79 bits per heavy atom. The Morgan fingerprint density at radius 1 is 1.05 bits per heavy atom. The molecule has 2 N–H and O–H groups in total. The Balaban J connectivity index is 1.65. The van der Waals surface area contributed by atoms with Crippen LogP contribution >= 0.6 is 0 Å². The Labute approximate surface area is 116 Å². The zero-order valence-electron chi connectivity index (χ0n) is 11.7. The third-order valence-corrected chi connectivity index (χ3v) is 4.82. The Kier molecular flexibility index (Phi) is 3.87. The molecule has 0 aliphatic carbocycles. The Hall–Kier alpha value is -0.900. The van der Waals surface area contributed by atoms with E-state index in [2.05, 4.69) is 40.1 Å². The van der Waals surface area contributed by atoms with E-state index in [0.29, 0.717) is 0 Å². The summed E-state index contributed by atoms with van der Waals surface area (Å²) in [7, 11) is 0. The molecule has 3 heteroatoms. The molecule has 2 heterocycles. The second kappa shape index (κ2) is 5.61. The third kappa shape index (κ3) is 2.69. The summed E-state index contributed by atoms with van der Waals surface area (Å²) in [4.78, 5) is 5.22. The van der Waals surface area contributed by atoms with Gasteiger partial charge < -0.3 is 5.73 Å². The highest BCUT2D eigenvalue weighted by molar-refractivity contribution is 5.15. The molecule has 1 unspecified atom stereocenters. The molecule has 1 aromatic carbocycles. The second-order valence-electron chi connectivity index (χ2n) is 6.07. The van der Waals surface area contributed by atoms with Crippen LogP contribution < -0.4 is 5.73 Å². The highest BCUT2D eigenvalue weighted by atomic mass is 15.3. The molecule has 2 aliphatic heterocycles. The average Bonchev–Trinajstić information content (AvgIpc) is 3.09. The number of likely N-dealkylation sites (tertiary alicyclic amines) is 2. The Morgan fingerprint density at radius 3 is 2.47 bits per heavy atom. The minimum atomic E-state index is 0.255. The monoisotopic (exact) mass is 259 g/mol. The van der Waals surface area contributed by atoms with Crippen molar-refractivity contribution < 1.29 is 0 Å². The summed E-state index contributed by atoms with van der Waals surface area (Å²) >= 11 is 0. The molecule has 19 heavy (non-hydrogen) atoms. The van der Waals surface area contributed by atoms with Crippen LogP contribution in [0.4, 0.5) is 0 Å². The predicted octanol–water partition coefficient (Wildman–Crippen LogP) is 1.69. The van der Waals surface area contributed by atoms with E-state index >= 15 is 0 Å². The number of hydrogen-bond donors (Lipinski definition) is 1. The summed E-state index contributed by atoms with van der Waals surface area (Å²) in [5, 5.41) is 0. The largest absolute Gasteiger partial charge is 0.329 e. The van der Waals surface area contributed by atoms with Gasteiger partial charge in [0.2, 0.25) is 0 Å². The lowest BCUT2D eigenvalue weighted by Crippen LogP contribution is -2.54. The standard InChI is InChI=1S/C16H25N3/c17-13-16(19-9-4-5-10-19)8-11-18(14-16)12-15-6-2-1-3-7-15/h1-3,6-7H,4-5,8-14,17H2. The molecular weight excluding hydrogens is 234 g/mol. The van der Waals surface area contributed by atoms with E-state index in [9.17, 15) is 0 Å². The first kappa shape index (κ1) is 13.1. The van der Waals surface area contributed by atoms with Crippen LogP contribution in [0.2, 0.25) is 0 Å². The van der Waals surface area contributed by atoms with Gasteiger partial charge in [0.1, 0.15) is 0 Å². The summed E-state index contributed by atoms with van der Waals surface area (Å²) in [6, 6.07) is 10.8. The predicted molar refractivity (Wildman–Crippen MR) is 78.9 cm³/mol. The van der Waals surface area contributed by atoms with Crippen molar-refractivity contribution in [3.05, 3.63) is 35.9 Å². The average molecular weight is 259 g/mol. The van der Waals surface area contributed by atoms with E-state index in [1.807, 2.05) is 0 Å². The zero-order chi connectivity index (χ0) is 13.1. The van der Waals surface area contributed by atoms with Crippen LogP contribution in [0, 0.1) is 0 Å². The summed E-state index contributed by atoms with van der Waals surface area (Å²) < 4.78 is 0. The van der Waals surface area contributed by atoms with Gasteiger partial charge in [-0.15, -0.1) is 0 Å². The SMILES string of the molecule is NCC1(N2CCCC2)CCN(Cc2ccccc2)C1. The van der Waals surface area contributed by atoms with Gasteiger partial charge in [-0.25, -0.2) is 0 Å². The maximum atomic E-state index is 6.14. The highest BCUT2D eigenvalue weighted by Gasteiger charge is 2.42. The van der Waals surface area contributed by atoms with Crippen molar-refractivity contribution >= 4 is 0 Å². The smallest absolute Gasteiger partial charge is 0.0470 e. The van der Waals surface area contributed by atoms with Crippen LogP contribution in [0.1, 0.15) is 24.8 Å². The van der Waals surface area contributed by atoms with Crippen LogP contribution in [0.3, 0.4) is 0 Å². The summed E-state index contributed by atoms with van der Waals surface area (Å²) in [6.45, 7) is 6.68. The van der Waals surface area contributed by atoms with Crippen molar-refractivity contribution in [1.29, 1.82) is 0 Å². The van der Waals surface area contributed by atoms with Crippen molar-refractivity contribution in [1.82, 2.24) is 9.80 Å². The molecule has 3 nitrogen and oxygen atoms in total. The summed E-state index contributed by atoms with van der Waals surface area (Å²) in [6.07, 6.45) is 3.93. The molecule has 1 atom stereocenters. The molecule has 1 aromatic rings. The van der Waals surface area contributed by atoms with Crippen molar-refractivity contribution in [2.24, 2.45) is 5.73 Å². The molecular formula is C16H25N3. The van der Waals surface area contributed by atoms with Gasteiger partial charge in [0.25, 0.3) is 0 Å². The molecule has 3 rings (SSSR count). The molecule has 0 radical (unpaired) electrons. The van der Waals surface area contributed by atoms with Crippen LogP contribution in [0.5, 0.6) is 0 Å². The van der Waals surface area contributed by atoms with Crippen LogP contribution in [0.25, 0.3) is 0 Å². The van der Waals surface area contributed by atoms with E-state index < -0.39 is 0 Å². The maximum absolute atomic E-state index is 6.14. The molecule has 2 saturated heterocycles. The minimum absolute atomic E-state index is 0.255. The van der Waals surface area contributed by atoms with Gasteiger partial charge in [-0.3, -0.25) is 9.80 Å².